The Balaban J connectivity index is 1.65. The smallest absolute Gasteiger partial charge is 0.331 e. The molecule has 0 aliphatic heterocycles. The maximum atomic E-state index is 11.6. The van der Waals surface area contributed by atoms with E-state index in [2.05, 4.69) is 32.2 Å². The van der Waals surface area contributed by atoms with E-state index in [-0.39, 0.29) is 6.01 Å². The van der Waals surface area contributed by atoms with Crippen molar-refractivity contribution >= 4 is 33.5 Å². The summed E-state index contributed by atoms with van der Waals surface area (Å²) < 4.78 is 6.13. The summed E-state index contributed by atoms with van der Waals surface area (Å²) in [4.78, 5) is 28.6. The predicted octanol–water partition coefficient (Wildman–Crippen LogP) is 6.14. The molecule has 2 aromatic carbocycles. The van der Waals surface area contributed by atoms with Crippen molar-refractivity contribution in [2.24, 2.45) is 11.1 Å². The van der Waals surface area contributed by atoms with Crippen LogP contribution >= 0.6 is 0 Å². The van der Waals surface area contributed by atoms with Gasteiger partial charge in [0.1, 0.15) is 5.75 Å². The van der Waals surface area contributed by atoms with Gasteiger partial charge in [-0.05, 0) is 30.5 Å². The van der Waals surface area contributed by atoms with Gasteiger partial charge >= 0.3 is 12.0 Å². The van der Waals surface area contributed by atoms with Gasteiger partial charge in [-0.1, -0.05) is 55.5 Å². The van der Waals surface area contributed by atoms with E-state index in [4.69, 9.17) is 9.57 Å². The molecule has 0 radical (unpaired) electrons. The van der Waals surface area contributed by atoms with Crippen molar-refractivity contribution in [1.29, 1.82) is 0 Å². The molecule has 0 bridgehead atoms. The van der Waals surface area contributed by atoms with Gasteiger partial charge in [-0.3, -0.25) is 0 Å². The molecule has 0 unspecified atom stereocenters. The second-order valence-corrected chi connectivity index (χ2v) is 8.53. The molecule has 0 amide bonds. The topological polar surface area (TPSA) is 89.5 Å². The Morgan fingerprint density at radius 3 is 2.61 bits per heavy atom. The number of rotatable bonds is 6. The van der Waals surface area contributed by atoms with E-state index < -0.39 is 5.97 Å². The van der Waals surface area contributed by atoms with E-state index in [0.29, 0.717) is 23.8 Å². The minimum absolute atomic E-state index is 0.249. The number of benzene rings is 2. The Labute approximate surface area is 191 Å². The van der Waals surface area contributed by atoms with E-state index in [1.54, 1.807) is 18.5 Å². The number of aromatic nitrogens is 3. The normalized spacial score (nSPS) is 15.1. The first-order valence-corrected chi connectivity index (χ1v) is 11.4. The molecule has 33 heavy (non-hydrogen) atoms. The van der Waals surface area contributed by atoms with E-state index in [1.807, 2.05) is 24.3 Å². The SMILES string of the molecule is CC(=O)ON=C(CC1CCCCC1)c1cc2c(cc1Oc1ncccn1)[nH]c1ccccc12. The second-order valence-electron chi connectivity index (χ2n) is 8.53. The van der Waals surface area contributed by atoms with Crippen LogP contribution in [-0.2, 0) is 9.63 Å². The van der Waals surface area contributed by atoms with Crippen molar-refractivity contribution in [1.82, 2.24) is 15.0 Å². The molecule has 2 heterocycles. The zero-order chi connectivity index (χ0) is 22.6. The number of ether oxygens (including phenoxy) is 1. The number of aromatic amines is 1. The maximum absolute atomic E-state index is 11.6. The molecule has 7 heteroatoms. The molecular formula is C26H26N4O3. The summed E-state index contributed by atoms with van der Waals surface area (Å²) in [6.07, 6.45) is 9.99. The third kappa shape index (κ3) is 4.72. The first-order chi connectivity index (χ1) is 16.2. The third-order valence-electron chi connectivity index (χ3n) is 6.15. The standard InChI is InChI=1S/C26H26N4O3/c1-17(31)33-30-24(14-18-8-3-2-4-9-18)21-15-20-19-10-5-6-11-22(19)29-23(20)16-25(21)32-26-27-12-7-13-28-26/h5-7,10-13,15-16,18,29H,2-4,8-9,14H2,1H3. The molecule has 0 spiro atoms. The number of nitrogens with one attached hydrogen (secondary N) is 1. The van der Waals surface area contributed by atoms with Crippen LogP contribution in [0.5, 0.6) is 11.8 Å². The van der Waals surface area contributed by atoms with Crippen molar-refractivity contribution in [3.05, 3.63) is 60.4 Å². The summed E-state index contributed by atoms with van der Waals surface area (Å²) in [7, 11) is 0. The molecule has 7 nitrogen and oxygen atoms in total. The Bertz CT molecular complexity index is 1310. The second kappa shape index (κ2) is 9.40. The van der Waals surface area contributed by atoms with Gasteiger partial charge in [0.15, 0.2) is 0 Å². The van der Waals surface area contributed by atoms with Gasteiger partial charge in [0.05, 0.1) is 11.2 Å². The lowest BCUT2D eigenvalue weighted by Crippen LogP contribution is -2.15. The highest BCUT2D eigenvalue weighted by atomic mass is 16.7. The molecule has 1 N–H and O–H groups in total. The van der Waals surface area contributed by atoms with E-state index >= 15 is 0 Å². The lowest BCUT2D eigenvalue weighted by atomic mass is 9.84. The van der Waals surface area contributed by atoms with Gasteiger partial charge in [-0.15, -0.1) is 0 Å². The number of carbonyl (C=O) groups excluding carboxylic acids is 1. The summed E-state index contributed by atoms with van der Waals surface area (Å²) in [5, 5.41) is 6.47. The number of oxime groups is 1. The number of nitrogens with zero attached hydrogens (tertiary/aromatic N) is 3. The molecule has 1 aliphatic rings. The van der Waals surface area contributed by atoms with Crippen LogP contribution in [0.15, 0.2) is 60.0 Å². The van der Waals surface area contributed by atoms with Crippen molar-refractivity contribution in [3.8, 4) is 11.8 Å². The fourth-order valence-electron chi connectivity index (χ4n) is 4.61. The summed E-state index contributed by atoms with van der Waals surface area (Å²) in [6, 6.07) is 14.2. The Morgan fingerprint density at radius 2 is 1.82 bits per heavy atom. The third-order valence-corrected chi connectivity index (χ3v) is 6.15. The highest BCUT2D eigenvalue weighted by Crippen LogP contribution is 2.36. The summed E-state index contributed by atoms with van der Waals surface area (Å²) in [5.74, 6) is 0.618. The molecular weight excluding hydrogens is 416 g/mol. The van der Waals surface area contributed by atoms with Crippen molar-refractivity contribution in [3.63, 3.8) is 0 Å². The molecule has 4 aromatic rings. The molecule has 0 atom stereocenters. The van der Waals surface area contributed by atoms with E-state index in [1.165, 1.54) is 26.2 Å². The Morgan fingerprint density at radius 1 is 1.03 bits per heavy atom. The maximum Gasteiger partial charge on any atom is 0.331 e. The van der Waals surface area contributed by atoms with Crippen molar-refractivity contribution in [2.45, 2.75) is 45.4 Å². The predicted molar refractivity (Wildman–Crippen MR) is 127 cm³/mol. The van der Waals surface area contributed by atoms with Crippen LogP contribution < -0.4 is 4.74 Å². The minimum atomic E-state index is -0.446. The Kier molecular flexibility index (Phi) is 6.02. The van der Waals surface area contributed by atoms with Crippen LogP contribution in [0.3, 0.4) is 0 Å². The minimum Gasteiger partial charge on any atom is -0.424 e. The summed E-state index contributed by atoms with van der Waals surface area (Å²) in [6.45, 7) is 1.36. The molecule has 1 saturated carbocycles. The van der Waals surface area contributed by atoms with Gasteiger partial charge < -0.3 is 14.6 Å². The zero-order valence-electron chi connectivity index (χ0n) is 18.6. The molecule has 1 fully saturated rings. The molecule has 0 saturated heterocycles. The summed E-state index contributed by atoms with van der Waals surface area (Å²) in [5.41, 5.74) is 3.47. The van der Waals surface area contributed by atoms with E-state index in [0.717, 1.165) is 40.2 Å². The molecule has 2 aromatic heterocycles. The fraction of sp³-hybridized carbons (Fsp3) is 0.308. The average Bonchev–Trinajstić information content (AvgIpc) is 3.20. The quantitative estimate of drug-likeness (QED) is 0.220. The van der Waals surface area contributed by atoms with Crippen LogP contribution in [0, 0.1) is 5.92 Å². The average molecular weight is 443 g/mol. The van der Waals surface area contributed by atoms with Crippen LogP contribution in [0.1, 0.15) is 51.0 Å². The monoisotopic (exact) mass is 442 g/mol. The van der Waals surface area contributed by atoms with Gasteiger partial charge in [0.25, 0.3) is 0 Å². The van der Waals surface area contributed by atoms with Crippen LogP contribution in [0.4, 0.5) is 0 Å². The van der Waals surface area contributed by atoms with Gasteiger partial charge in [-0.25, -0.2) is 14.8 Å². The summed E-state index contributed by atoms with van der Waals surface area (Å²) >= 11 is 0. The highest BCUT2D eigenvalue weighted by molar-refractivity contribution is 6.12. The first-order valence-electron chi connectivity index (χ1n) is 11.4. The van der Waals surface area contributed by atoms with Crippen molar-refractivity contribution < 1.29 is 14.4 Å². The molecule has 5 rings (SSSR count). The number of hydrogen-bond donors (Lipinski definition) is 1. The van der Waals surface area contributed by atoms with Crippen LogP contribution in [-0.4, -0.2) is 26.6 Å². The largest absolute Gasteiger partial charge is 0.424 e. The van der Waals surface area contributed by atoms with Gasteiger partial charge in [-0.2, -0.15) is 0 Å². The number of fused-ring (bicyclic) bond motifs is 3. The molecule has 168 valence electrons. The highest BCUT2D eigenvalue weighted by Gasteiger charge is 2.22. The number of H-pyrrole nitrogens is 1. The Hall–Kier alpha value is -3.74. The lowest BCUT2D eigenvalue weighted by molar-refractivity contribution is -0.140. The van der Waals surface area contributed by atoms with Gasteiger partial charge in [0.2, 0.25) is 0 Å². The number of hydrogen-bond acceptors (Lipinski definition) is 6. The molecule has 1 aliphatic carbocycles. The van der Waals surface area contributed by atoms with Crippen LogP contribution in [0.2, 0.25) is 0 Å². The van der Waals surface area contributed by atoms with Gasteiger partial charge in [0, 0.05) is 47.2 Å². The van der Waals surface area contributed by atoms with E-state index in [9.17, 15) is 4.79 Å². The lowest BCUT2D eigenvalue weighted by Gasteiger charge is -2.22. The number of carbonyl (C=O) groups is 1. The first kappa shape index (κ1) is 21.1. The fourth-order valence-corrected chi connectivity index (χ4v) is 4.61. The zero-order valence-corrected chi connectivity index (χ0v) is 18.6. The van der Waals surface area contributed by atoms with Crippen LogP contribution in [0.25, 0.3) is 21.8 Å². The number of para-hydroxylation sites is 1. The van der Waals surface area contributed by atoms with Crippen molar-refractivity contribution in [2.75, 3.05) is 0 Å².